The van der Waals surface area contributed by atoms with E-state index in [1.807, 2.05) is 0 Å². The van der Waals surface area contributed by atoms with Gasteiger partial charge in [-0.3, -0.25) is 19.0 Å². The van der Waals surface area contributed by atoms with Crippen molar-refractivity contribution in [2.75, 3.05) is 18.5 Å². The van der Waals surface area contributed by atoms with Crippen LogP contribution < -0.4 is 21.9 Å². The largest absolute Gasteiger partial charge is 0.376 e. The smallest absolute Gasteiger partial charge is 0.336 e. The van der Waals surface area contributed by atoms with E-state index in [1.54, 1.807) is 72.8 Å². The summed E-state index contributed by atoms with van der Waals surface area (Å²) in [5.74, 6) is -0.528. The maximum absolute atomic E-state index is 13.6. The Labute approximate surface area is 232 Å². The predicted octanol–water partition coefficient (Wildman–Crippen LogP) is 3.39. The summed E-state index contributed by atoms with van der Waals surface area (Å²) < 4.78 is 8.75. The summed E-state index contributed by atoms with van der Waals surface area (Å²) in [7, 11) is 0. The van der Waals surface area contributed by atoms with E-state index >= 15 is 0 Å². The Morgan fingerprint density at radius 1 is 0.949 bits per heavy atom. The fourth-order valence-electron chi connectivity index (χ4n) is 4.62. The monoisotopic (exact) mass is 590 g/mol. The van der Waals surface area contributed by atoms with E-state index in [0.29, 0.717) is 28.8 Å². The lowest BCUT2D eigenvalue weighted by molar-refractivity contribution is -0.121. The molecule has 200 valence electrons. The topological polar surface area (TPSA) is 111 Å². The minimum Gasteiger partial charge on any atom is -0.376 e. The van der Waals surface area contributed by atoms with Crippen molar-refractivity contribution in [3.63, 3.8) is 0 Å². The van der Waals surface area contributed by atoms with Crippen molar-refractivity contribution in [2.24, 2.45) is 0 Å². The number of amides is 2. The number of para-hydroxylation sites is 1. The van der Waals surface area contributed by atoms with Crippen LogP contribution in [0, 0.1) is 0 Å². The maximum atomic E-state index is 13.6. The Kier molecular flexibility index (Phi) is 8.04. The predicted molar refractivity (Wildman–Crippen MR) is 152 cm³/mol. The molecule has 2 amide bonds. The minimum atomic E-state index is -0.633. The molecule has 9 nitrogen and oxygen atoms in total. The van der Waals surface area contributed by atoms with E-state index in [-0.39, 0.29) is 25.0 Å². The lowest BCUT2D eigenvalue weighted by atomic mass is 10.1. The maximum Gasteiger partial charge on any atom is 0.336 e. The van der Waals surface area contributed by atoms with Gasteiger partial charge in [-0.25, -0.2) is 9.36 Å². The number of carbonyl (C=O) groups excluding carboxylic acids is 2. The van der Waals surface area contributed by atoms with Gasteiger partial charge in [-0.15, -0.1) is 0 Å². The van der Waals surface area contributed by atoms with Crippen LogP contribution in [0.3, 0.4) is 0 Å². The Hall–Kier alpha value is -4.02. The van der Waals surface area contributed by atoms with Gasteiger partial charge in [0.2, 0.25) is 11.8 Å². The van der Waals surface area contributed by atoms with Gasteiger partial charge in [0.05, 0.1) is 29.1 Å². The van der Waals surface area contributed by atoms with Crippen LogP contribution in [0.5, 0.6) is 0 Å². The molecule has 1 aliphatic heterocycles. The molecule has 5 rings (SSSR count). The molecule has 0 aliphatic carbocycles. The molecule has 1 atom stereocenters. The number of benzene rings is 3. The fourth-order valence-corrected chi connectivity index (χ4v) is 4.89. The molecule has 0 radical (unpaired) electrons. The third-order valence-corrected chi connectivity index (χ3v) is 7.12. The second-order valence-electron chi connectivity index (χ2n) is 9.36. The first-order valence-electron chi connectivity index (χ1n) is 12.7. The van der Waals surface area contributed by atoms with Crippen molar-refractivity contribution in [1.82, 2.24) is 14.5 Å². The van der Waals surface area contributed by atoms with E-state index < -0.39 is 17.2 Å². The average molecular weight is 591 g/mol. The molecular formula is C29H27BrN4O5. The lowest BCUT2D eigenvalue weighted by Gasteiger charge is -2.15. The molecule has 1 fully saturated rings. The number of rotatable bonds is 8. The van der Waals surface area contributed by atoms with Crippen LogP contribution in [0.4, 0.5) is 5.69 Å². The highest BCUT2D eigenvalue weighted by Crippen LogP contribution is 2.15. The van der Waals surface area contributed by atoms with Crippen LogP contribution in [-0.4, -0.2) is 40.2 Å². The summed E-state index contributed by atoms with van der Waals surface area (Å²) in [6.45, 7) is 0.935. The van der Waals surface area contributed by atoms with Crippen molar-refractivity contribution < 1.29 is 14.3 Å². The van der Waals surface area contributed by atoms with Gasteiger partial charge in [0.15, 0.2) is 0 Å². The number of aromatic nitrogens is 2. The quantitative estimate of drug-likeness (QED) is 0.327. The Bertz CT molecular complexity index is 1620. The third-order valence-electron chi connectivity index (χ3n) is 6.59. The molecule has 1 aromatic heterocycles. The number of nitrogens with one attached hydrogen (secondary N) is 2. The van der Waals surface area contributed by atoms with Crippen molar-refractivity contribution >= 4 is 44.3 Å². The van der Waals surface area contributed by atoms with E-state index in [9.17, 15) is 19.2 Å². The number of anilines is 1. The lowest BCUT2D eigenvalue weighted by Crippen LogP contribution is -2.40. The first kappa shape index (κ1) is 26.6. The van der Waals surface area contributed by atoms with Crippen LogP contribution in [-0.2, 0) is 27.3 Å². The van der Waals surface area contributed by atoms with Gasteiger partial charge in [-0.2, -0.15) is 0 Å². The van der Waals surface area contributed by atoms with Gasteiger partial charge < -0.3 is 15.4 Å². The van der Waals surface area contributed by atoms with E-state index in [0.717, 1.165) is 34.1 Å². The second kappa shape index (κ2) is 11.8. The van der Waals surface area contributed by atoms with Gasteiger partial charge in [0.25, 0.3) is 5.56 Å². The molecule has 0 unspecified atom stereocenters. The van der Waals surface area contributed by atoms with Gasteiger partial charge in [0, 0.05) is 23.3 Å². The molecule has 1 saturated heterocycles. The van der Waals surface area contributed by atoms with Crippen molar-refractivity contribution in [3.8, 4) is 5.69 Å². The van der Waals surface area contributed by atoms with E-state index in [4.69, 9.17) is 4.74 Å². The molecule has 4 aromatic rings. The summed E-state index contributed by atoms with van der Waals surface area (Å²) in [6.07, 6.45) is 2.18. The zero-order valence-corrected chi connectivity index (χ0v) is 22.6. The highest BCUT2D eigenvalue weighted by atomic mass is 79.9. The summed E-state index contributed by atoms with van der Waals surface area (Å²) >= 11 is 3.36. The molecule has 10 heteroatoms. The Morgan fingerprint density at radius 2 is 1.69 bits per heavy atom. The van der Waals surface area contributed by atoms with Crippen molar-refractivity contribution in [2.45, 2.75) is 31.9 Å². The summed E-state index contributed by atoms with van der Waals surface area (Å²) in [5.41, 5.74) is 0.931. The number of fused-ring (bicyclic) bond motifs is 1. The zero-order valence-electron chi connectivity index (χ0n) is 21.1. The SMILES string of the molecule is O=C(Cc1ccc(-n2c(=O)c3ccccc3n(CC(=O)Nc3ccc(Br)cc3)c2=O)cc1)NC[C@@H]1CCCO1. The zero-order chi connectivity index (χ0) is 27.4. The standard InChI is InChI=1S/C29H27BrN4O5/c30-20-9-11-21(12-10-20)32-27(36)18-33-25-6-2-1-5-24(25)28(37)34(29(33)38)22-13-7-19(8-14-22)16-26(35)31-17-23-4-3-15-39-23/h1-2,5-14,23H,3-4,15-18H2,(H,31,35)(H,32,36)/t23-/m0/s1. The molecule has 0 saturated carbocycles. The number of hydrogen-bond donors (Lipinski definition) is 2. The molecule has 39 heavy (non-hydrogen) atoms. The normalized spacial score (nSPS) is 14.8. The summed E-state index contributed by atoms with van der Waals surface area (Å²) in [6, 6.07) is 20.5. The number of nitrogens with zero attached hydrogens (tertiary/aromatic N) is 2. The fraction of sp³-hybridized carbons (Fsp3) is 0.241. The van der Waals surface area contributed by atoms with Crippen LogP contribution in [0.2, 0.25) is 0 Å². The van der Waals surface area contributed by atoms with Crippen LogP contribution in [0.25, 0.3) is 16.6 Å². The molecule has 1 aliphatic rings. The highest BCUT2D eigenvalue weighted by molar-refractivity contribution is 9.10. The number of carbonyl (C=O) groups is 2. The van der Waals surface area contributed by atoms with Gasteiger partial charge in [-0.05, 0) is 66.9 Å². The molecule has 3 aromatic carbocycles. The molecular weight excluding hydrogens is 564 g/mol. The molecule has 2 heterocycles. The van der Waals surface area contributed by atoms with Gasteiger partial charge in [-0.1, -0.05) is 40.2 Å². The van der Waals surface area contributed by atoms with E-state index in [2.05, 4.69) is 26.6 Å². The minimum absolute atomic E-state index is 0.0650. The second-order valence-corrected chi connectivity index (χ2v) is 10.3. The number of hydrogen-bond acceptors (Lipinski definition) is 5. The van der Waals surface area contributed by atoms with Gasteiger partial charge >= 0.3 is 5.69 Å². The Morgan fingerprint density at radius 3 is 2.41 bits per heavy atom. The molecule has 0 bridgehead atoms. The first-order chi connectivity index (χ1) is 18.9. The number of halogens is 1. The summed E-state index contributed by atoms with van der Waals surface area (Å²) in [4.78, 5) is 52.2. The first-order valence-corrected chi connectivity index (χ1v) is 13.5. The van der Waals surface area contributed by atoms with Crippen LogP contribution in [0.15, 0.2) is 86.9 Å². The Balaban J connectivity index is 1.39. The number of ether oxygens (including phenoxy) is 1. The van der Waals surface area contributed by atoms with Crippen molar-refractivity contribution in [3.05, 3.63) is 104 Å². The summed E-state index contributed by atoms with van der Waals surface area (Å²) in [5, 5.41) is 5.99. The van der Waals surface area contributed by atoms with Crippen molar-refractivity contribution in [1.29, 1.82) is 0 Å². The third kappa shape index (κ3) is 6.18. The van der Waals surface area contributed by atoms with E-state index in [1.165, 1.54) is 4.57 Å². The molecule has 2 N–H and O–H groups in total. The van der Waals surface area contributed by atoms with Crippen LogP contribution in [0.1, 0.15) is 18.4 Å². The molecule has 0 spiro atoms. The highest BCUT2D eigenvalue weighted by Gasteiger charge is 2.18. The average Bonchev–Trinajstić information content (AvgIpc) is 3.46. The van der Waals surface area contributed by atoms with Crippen LogP contribution >= 0.6 is 15.9 Å². The van der Waals surface area contributed by atoms with Gasteiger partial charge in [0.1, 0.15) is 6.54 Å².